The number of furan rings is 1. The van der Waals surface area contributed by atoms with E-state index in [0.29, 0.717) is 24.1 Å². The molecule has 0 aromatic carbocycles. The SMILES string of the molecule is Cc1cc(C(C)NC2C3CCOC3C2(C)C)c(C)o1. The standard InChI is InChI=1S/C16H25NO2/c1-9-8-13(11(3)19-9)10(2)17-14-12-6-7-18-15(12)16(14,4)5/h8,10,12,14-15,17H,6-7H2,1-5H3. The Kier molecular flexibility index (Phi) is 3.02. The Labute approximate surface area is 115 Å². The zero-order chi connectivity index (χ0) is 13.8. The van der Waals surface area contributed by atoms with Crippen LogP contribution in [-0.4, -0.2) is 18.8 Å². The molecule has 2 aliphatic rings. The first-order valence-corrected chi connectivity index (χ1v) is 7.36. The quantitative estimate of drug-likeness (QED) is 0.908. The second-order valence-corrected chi connectivity index (χ2v) is 6.80. The smallest absolute Gasteiger partial charge is 0.105 e. The fraction of sp³-hybridized carbons (Fsp3) is 0.750. The van der Waals surface area contributed by atoms with Crippen molar-refractivity contribution in [3.8, 4) is 0 Å². The van der Waals surface area contributed by atoms with Crippen molar-refractivity contribution in [3.05, 3.63) is 23.2 Å². The van der Waals surface area contributed by atoms with E-state index < -0.39 is 0 Å². The molecule has 0 spiro atoms. The average molecular weight is 263 g/mol. The normalized spacial score (nSPS) is 33.8. The van der Waals surface area contributed by atoms with E-state index in [1.165, 1.54) is 12.0 Å². The predicted octanol–water partition coefficient (Wildman–Crippen LogP) is 3.36. The summed E-state index contributed by atoms with van der Waals surface area (Å²) in [6.45, 7) is 11.9. The van der Waals surface area contributed by atoms with Gasteiger partial charge in [0.15, 0.2) is 0 Å². The van der Waals surface area contributed by atoms with Crippen molar-refractivity contribution in [2.45, 2.75) is 59.2 Å². The van der Waals surface area contributed by atoms with E-state index in [4.69, 9.17) is 9.15 Å². The molecule has 2 fully saturated rings. The molecule has 0 radical (unpaired) electrons. The molecule has 1 saturated carbocycles. The number of aryl methyl sites for hydroxylation is 2. The summed E-state index contributed by atoms with van der Waals surface area (Å²) in [4.78, 5) is 0. The van der Waals surface area contributed by atoms with Crippen LogP contribution in [0.4, 0.5) is 0 Å². The van der Waals surface area contributed by atoms with Crippen LogP contribution in [0.2, 0.25) is 0 Å². The summed E-state index contributed by atoms with van der Waals surface area (Å²) in [5.74, 6) is 2.72. The van der Waals surface area contributed by atoms with Crippen molar-refractivity contribution < 1.29 is 9.15 Å². The minimum atomic E-state index is 0.238. The van der Waals surface area contributed by atoms with Crippen molar-refractivity contribution in [2.24, 2.45) is 11.3 Å². The Hall–Kier alpha value is -0.800. The highest BCUT2D eigenvalue weighted by molar-refractivity contribution is 5.24. The van der Waals surface area contributed by atoms with Crippen LogP contribution in [0.15, 0.2) is 10.5 Å². The van der Waals surface area contributed by atoms with Gasteiger partial charge >= 0.3 is 0 Å². The summed E-state index contributed by atoms with van der Waals surface area (Å²) >= 11 is 0. The van der Waals surface area contributed by atoms with Gasteiger partial charge in [0.1, 0.15) is 11.5 Å². The maximum atomic E-state index is 5.85. The zero-order valence-corrected chi connectivity index (χ0v) is 12.6. The van der Waals surface area contributed by atoms with Crippen LogP contribution in [0.25, 0.3) is 0 Å². The summed E-state index contributed by atoms with van der Waals surface area (Å²) < 4.78 is 11.5. The van der Waals surface area contributed by atoms with Gasteiger partial charge in [-0.2, -0.15) is 0 Å². The molecule has 1 aromatic rings. The molecule has 0 bridgehead atoms. The summed E-state index contributed by atoms with van der Waals surface area (Å²) in [7, 11) is 0. The first kappa shape index (κ1) is 13.2. The van der Waals surface area contributed by atoms with Gasteiger partial charge in [0.2, 0.25) is 0 Å². The molecule has 1 N–H and O–H groups in total. The van der Waals surface area contributed by atoms with Crippen LogP contribution in [0.3, 0.4) is 0 Å². The summed E-state index contributed by atoms with van der Waals surface area (Å²) in [6.07, 6.45) is 1.64. The number of rotatable bonds is 3. The van der Waals surface area contributed by atoms with Crippen LogP contribution in [0.1, 0.15) is 50.3 Å². The minimum Gasteiger partial charge on any atom is -0.466 e. The molecule has 3 rings (SSSR count). The second kappa shape index (κ2) is 4.35. The molecule has 1 aliphatic heterocycles. The van der Waals surface area contributed by atoms with Crippen molar-refractivity contribution in [1.82, 2.24) is 5.32 Å². The zero-order valence-electron chi connectivity index (χ0n) is 12.6. The second-order valence-electron chi connectivity index (χ2n) is 6.80. The van der Waals surface area contributed by atoms with Crippen LogP contribution in [-0.2, 0) is 4.74 Å². The van der Waals surface area contributed by atoms with E-state index in [1.807, 2.05) is 13.8 Å². The summed E-state index contributed by atoms with van der Waals surface area (Å²) in [6, 6.07) is 3.04. The van der Waals surface area contributed by atoms with Gasteiger partial charge in [-0.05, 0) is 33.3 Å². The van der Waals surface area contributed by atoms with E-state index in [1.54, 1.807) is 0 Å². The Morgan fingerprint density at radius 1 is 1.37 bits per heavy atom. The van der Waals surface area contributed by atoms with Gasteiger partial charge in [0.05, 0.1) is 6.10 Å². The topological polar surface area (TPSA) is 34.4 Å². The predicted molar refractivity (Wildman–Crippen MR) is 75.1 cm³/mol. The van der Waals surface area contributed by atoms with E-state index in [0.717, 1.165) is 18.1 Å². The lowest BCUT2D eigenvalue weighted by Gasteiger charge is -2.55. The van der Waals surface area contributed by atoms with Gasteiger partial charge in [-0.1, -0.05) is 13.8 Å². The minimum absolute atomic E-state index is 0.238. The third kappa shape index (κ3) is 1.95. The molecule has 4 unspecified atom stereocenters. The molecule has 3 nitrogen and oxygen atoms in total. The molecule has 1 aromatic heterocycles. The first-order chi connectivity index (χ1) is 8.91. The van der Waals surface area contributed by atoms with Gasteiger partial charge in [-0.25, -0.2) is 0 Å². The average Bonchev–Trinajstić information content (AvgIpc) is 2.91. The Bertz CT molecular complexity index is 477. The molecule has 1 saturated heterocycles. The van der Waals surface area contributed by atoms with Gasteiger partial charge in [0, 0.05) is 35.6 Å². The van der Waals surface area contributed by atoms with Crippen molar-refractivity contribution >= 4 is 0 Å². The van der Waals surface area contributed by atoms with Gasteiger partial charge in [-0.15, -0.1) is 0 Å². The monoisotopic (exact) mass is 263 g/mol. The maximum Gasteiger partial charge on any atom is 0.105 e. The lowest BCUT2D eigenvalue weighted by atomic mass is 9.57. The summed E-state index contributed by atoms with van der Waals surface area (Å²) in [5.41, 5.74) is 1.53. The van der Waals surface area contributed by atoms with Gasteiger partial charge in [-0.3, -0.25) is 0 Å². The lowest BCUT2D eigenvalue weighted by molar-refractivity contribution is -0.115. The van der Waals surface area contributed by atoms with E-state index in [-0.39, 0.29) is 5.41 Å². The molecule has 0 amide bonds. The van der Waals surface area contributed by atoms with E-state index in [9.17, 15) is 0 Å². The number of hydrogen-bond acceptors (Lipinski definition) is 3. The molecule has 106 valence electrons. The highest BCUT2D eigenvalue weighted by atomic mass is 16.5. The highest BCUT2D eigenvalue weighted by Crippen LogP contribution is 2.52. The number of fused-ring (bicyclic) bond motifs is 1. The van der Waals surface area contributed by atoms with Crippen LogP contribution in [0, 0.1) is 25.2 Å². The van der Waals surface area contributed by atoms with Crippen molar-refractivity contribution in [3.63, 3.8) is 0 Å². The highest BCUT2D eigenvalue weighted by Gasteiger charge is 2.59. The molecular formula is C16H25NO2. The molecule has 19 heavy (non-hydrogen) atoms. The molecular weight excluding hydrogens is 238 g/mol. The van der Waals surface area contributed by atoms with Crippen molar-refractivity contribution in [2.75, 3.05) is 6.61 Å². The molecule has 1 aliphatic carbocycles. The number of nitrogens with one attached hydrogen (secondary N) is 1. The molecule has 4 atom stereocenters. The fourth-order valence-electron chi connectivity index (χ4n) is 4.10. The maximum absolute atomic E-state index is 5.85. The lowest BCUT2D eigenvalue weighted by Crippen LogP contribution is -2.66. The Morgan fingerprint density at radius 3 is 2.74 bits per heavy atom. The third-order valence-electron chi connectivity index (χ3n) is 5.08. The molecule has 3 heteroatoms. The van der Waals surface area contributed by atoms with Crippen molar-refractivity contribution in [1.29, 1.82) is 0 Å². The van der Waals surface area contributed by atoms with E-state index >= 15 is 0 Å². The van der Waals surface area contributed by atoms with Crippen LogP contribution >= 0.6 is 0 Å². The van der Waals surface area contributed by atoms with Crippen LogP contribution in [0.5, 0.6) is 0 Å². The number of hydrogen-bond donors (Lipinski definition) is 1. The van der Waals surface area contributed by atoms with Gasteiger partial charge < -0.3 is 14.5 Å². The molecule has 2 heterocycles. The third-order valence-corrected chi connectivity index (χ3v) is 5.08. The summed E-state index contributed by atoms with van der Waals surface area (Å²) in [5, 5.41) is 3.81. The fourth-order valence-corrected chi connectivity index (χ4v) is 4.10. The van der Waals surface area contributed by atoms with E-state index in [2.05, 4.69) is 32.2 Å². The first-order valence-electron chi connectivity index (χ1n) is 7.36. The Balaban J connectivity index is 1.73. The largest absolute Gasteiger partial charge is 0.466 e. The van der Waals surface area contributed by atoms with Gasteiger partial charge in [0.25, 0.3) is 0 Å². The van der Waals surface area contributed by atoms with Crippen LogP contribution < -0.4 is 5.32 Å². The number of ether oxygens (including phenoxy) is 1. The Morgan fingerprint density at radius 2 is 2.11 bits per heavy atom.